The van der Waals surface area contributed by atoms with Gasteiger partial charge < -0.3 is 9.84 Å². The monoisotopic (exact) mass is 510 g/mol. The van der Waals surface area contributed by atoms with E-state index in [1.165, 1.54) is 11.9 Å². The van der Waals surface area contributed by atoms with Crippen molar-refractivity contribution >= 4 is 11.9 Å². The molecule has 0 spiro atoms. The summed E-state index contributed by atoms with van der Waals surface area (Å²) in [6, 6.07) is 1.84. The van der Waals surface area contributed by atoms with Crippen molar-refractivity contribution in [2.24, 2.45) is 0 Å². The summed E-state index contributed by atoms with van der Waals surface area (Å²) in [5.41, 5.74) is -6.05. The molecule has 12 heteroatoms. The Balaban J connectivity index is 1.94. The van der Waals surface area contributed by atoms with Gasteiger partial charge in [-0.15, -0.1) is 0 Å². The number of benzene rings is 1. The SMILES string of the molecule is C=C1C(=O)N(CCCCCCOc2ccc(C(O)(C(F)(F)F)C(F)(F)F)cc2CCC)C(=O)N1C. The van der Waals surface area contributed by atoms with Crippen LogP contribution in [0.4, 0.5) is 31.1 Å². The van der Waals surface area contributed by atoms with Crippen molar-refractivity contribution in [1.82, 2.24) is 9.80 Å². The number of aryl methyl sites for hydroxylation is 1. The first-order valence-electron chi connectivity index (χ1n) is 11.1. The zero-order valence-electron chi connectivity index (χ0n) is 19.4. The minimum absolute atomic E-state index is 0.112. The van der Waals surface area contributed by atoms with Crippen LogP contribution in [0.5, 0.6) is 5.75 Å². The summed E-state index contributed by atoms with van der Waals surface area (Å²) in [7, 11) is 1.46. The Hall–Kier alpha value is -2.76. The van der Waals surface area contributed by atoms with Crippen molar-refractivity contribution in [1.29, 1.82) is 0 Å². The maximum absolute atomic E-state index is 13.2. The van der Waals surface area contributed by atoms with Gasteiger partial charge in [-0.05, 0) is 37.0 Å². The van der Waals surface area contributed by atoms with E-state index in [1.807, 2.05) is 0 Å². The fourth-order valence-corrected chi connectivity index (χ4v) is 3.69. The van der Waals surface area contributed by atoms with Gasteiger partial charge in [-0.25, -0.2) is 4.79 Å². The molecule has 0 radical (unpaired) electrons. The first kappa shape index (κ1) is 28.5. The molecule has 0 saturated carbocycles. The van der Waals surface area contributed by atoms with E-state index >= 15 is 0 Å². The molecule has 2 rings (SSSR count). The highest BCUT2D eigenvalue weighted by Crippen LogP contribution is 2.50. The highest BCUT2D eigenvalue weighted by atomic mass is 19.4. The molecule has 1 heterocycles. The number of likely N-dealkylation sites (N-methyl/N-ethyl adjacent to an activating group) is 1. The van der Waals surface area contributed by atoms with E-state index in [0.717, 1.165) is 11.0 Å². The fraction of sp³-hybridized carbons (Fsp3) is 0.565. The number of amides is 3. The third kappa shape index (κ3) is 5.91. The first-order chi connectivity index (χ1) is 16.2. The second-order valence-corrected chi connectivity index (χ2v) is 8.29. The van der Waals surface area contributed by atoms with Crippen LogP contribution in [0.15, 0.2) is 30.5 Å². The van der Waals surface area contributed by atoms with E-state index in [-0.39, 0.29) is 36.6 Å². The van der Waals surface area contributed by atoms with E-state index in [0.29, 0.717) is 44.2 Å². The molecule has 0 atom stereocenters. The lowest BCUT2D eigenvalue weighted by Crippen LogP contribution is -2.53. The van der Waals surface area contributed by atoms with Crippen molar-refractivity contribution in [3.63, 3.8) is 0 Å². The van der Waals surface area contributed by atoms with Crippen LogP contribution < -0.4 is 4.74 Å². The Kier molecular flexibility index (Phi) is 8.85. The van der Waals surface area contributed by atoms with Gasteiger partial charge in [0.25, 0.3) is 11.5 Å². The Morgan fingerprint density at radius 3 is 2.11 bits per heavy atom. The summed E-state index contributed by atoms with van der Waals surface area (Å²) in [6.07, 6.45) is -8.89. The largest absolute Gasteiger partial charge is 0.493 e. The number of carbonyl (C=O) groups is 2. The standard InChI is InChI=1S/C23H28F6N2O4/c1-4-9-16-14-17(21(34,22(24,25)26)23(27,28)29)10-11-18(16)35-13-8-6-5-7-12-31-19(32)15(2)30(3)20(31)33/h10-11,14,34H,2,4-9,12-13H2,1,3H3. The summed E-state index contributed by atoms with van der Waals surface area (Å²) >= 11 is 0. The number of hydrogen-bond acceptors (Lipinski definition) is 4. The van der Waals surface area contributed by atoms with Crippen LogP contribution in [0.25, 0.3) is 0 Å². The number of carbonyl (C=O) groups excluding carboxylic acids is 2. The predicted octanol–water partition coefficient (Wildman–Crippen LogP) is 5.30. The van der Waals surface area contributed by atoms with E-state index < -0.39 is 35.5 Å². The Morgan fingerprint density at radius 2 is 1.60 bits per heavy atom. The molecular formula is C23H28F6N2O4. The van der Waals surface area contributed by atoms with Gasteiger partial charge in [-0.1, -0.05) is 38.8 Å². The molecule has 35 heavy (non-hydrogen) atoms. The Morgan fingerprint density at radius 1 is 1.00 bits per heavy atom. The molecule has 1 aliphatic heterocycles. The molecule has 0 aliphatic carbocycles. The minimum atomic E-state index is -5.95. The zero-order chi connectivity index (χ0) is 26.6. The summed E-state index contributed by atoms with van der Waals surface area (Å²) < 4.78 is 84.7. The van der Waals surface area contributed by atoms with E-state index in [2.05, 4.69) is 6.58 Å². The third-order valence-electron chi connectivity index (χ3n) is 5.77. The van der Waals surface area contributed by atoms with E-state index in [9.17, 15) is 41.0 Å². The smallest absolute Gasteiger partial charge is 0.430 e. The van der Waals surface area contributed by atoms with Crippen LogP contribution in [-0.4, -0.2) is 59.4 Å². The Labute approximate surface area is 199 Å². The number of ether oxygens (including phenoxy) is 1. The lowest BCUT2D eigenvalue weighted by Gasteiger charge is -2.33. The highest BCUT2D eigenvalue weighted by molar-refractivity contribution is 6.11. The maximum Gasteiger partial charge on any atom is 0.430 e. The molecular weight excluding hydrogens is 482 g/mol. The van der Waals surface area contributed by atoms with E-state index in [4.69, 9.17) is 4.74 Å². The van der Waals surface area contributed by atoms with Gasteiger partial charge in [0.2, 0.25) is 0 Å². The molecule has 196 valence electrons. The number of imide groups is 1. The molecule has 0 aromatic heterocycles. The maximum atomic E-state index is 13.2. The summed E-state index contributed by atoms with van der Waals surface area (Å²) in [4.78, 5) is 26.2. The van der Waals surface area contributed by atoms with Gasteiger partial charge in [0.1, 0.15) is 11.4 Å². The van der Waals surface area contributed by atoms with Gasteiger partial charge >= 0.3 is 18.4 Å². The van der Waals surface area contributed by atoms with E-state index in [1.54, 1.807) is 6.92 Å². The number of nitrogens with zero attached hydrogens (tertiary/aromatic N) is 2. The molecule has 1 fully saturated rings. The average molecular weight is 510 g/mol. The number of aliphatic hydroxyl groups is 1. The van der Waals surface area contributed by atoms with Crippen LogP contribution in [0, 0.1) is 0 Å². The lowest BCUT2D eigenvalue weighted by molar-refractivity contribution is -0.376. The quantitative estimate of drug-likeness (QED) is 0.190. The van der Waals surface area contributed by atoms with Gasteiger partial charge in [0.05, 0.1) is 6.61 Å². The van der Waals surface area contributed by atoms with Crippen LogP contribution in [-0.2, 0) is 16.8 Å². The molecule has 1 aromatic rings. The van der Waals surface area contributed by atoms with Crippen LogP contribution >= 0.6 is 0 Å². The number of unbranched alkanes of at least 4 members (excludes halogenated alkanes) is 3. The lowest BCUT2D eigenvalue weighted by atomic mass is 9.90. The molecule has 1 saturated heterocycles. The molecule has 1 aromatic carbocycles. The molecule has 1 aliphatic rings. The first-order valence-corrected chi connectivity index (χ1v) is 11.1. The number of rotatable bonds is 11. The molecule has 3 amide bonds. The van der Waals surface area contributed by atoms with Crippen LogP contribution in [0.3, 0.4) is 0 Å². The predicted molar refractivity (Wildman–Crippen MR) is 114 cm³/mol. The molecule has 0 unspecified atom stereocenters. The summed E-state index contributed by atoms with van der Waals surface area (Å²) in [5.74, 6) is -0.284. The van der Waals surface area contributed by atoms with Gasteiger partial charge in [-0.2, -0.15) is 26.3 Å². The van der Waals surface area contributed by atoms with Crippen molar-refractivity contribution < 1.29 is 45.8 Å². The van der Waals surface area contributed by atoms with Gasteiger partial charge in [-0.3, -0.25) is 14.6 Å². The highest BCUT2D eigenvalue weighted by Gasteiger charge is 2.71. The fourth-order valence-electron chi connectivity index (χ4n) is 3.69. The topological polar surface area (TPSA) is 70.1 Å². The average Bonchev–Trinajstić information content (AvgIpc) is 2.94. The number of halogens is 6. The summed E-state index contributed by atoms with van der Waals surface area (Å²) in [5, 5.41) is 9.63. The normalized spacial score (nSPS) is 15.4. The van der Waals surface area contributed by atoms with Gasteiger partial charge in [0.15, 0.2) is 0 Å². The van der Waals surface area contributed by atoms with Crippen molar-refractivity contribution in [2.45, 2.75) is 63.4 Å². The second kappa shape index (κ2) is 10.9. The summed E-state index contributed by atoms with van der Waals surface area (Å²) in [6.45, 7) is 5.66. The second-order valence-electron chi connectivity index (χ2n) is 8.29. The molecule has 1 N–H and O–H groups in total. The number of hydrogen-bond donors (Lipinski definition) is 1. The van der Waals surface area contributed by atoms with Crippen molar-refractivity contribution in [2.75, 3.05) is 20.2 Å². The van der Waals surface area contributed by atoms with Crippen LogP contribution in [0.2, 0.25) is 0 Å². The molecule has 0 bridgehead atoms. The molecule has 6 nitrogen and oxygen atoms in total. The Bertz CT molecular complexity index is 931. The van der Waals surface area contributed by atoms with Crippen LogP contribution in [0.1, 0.15) is 50.2 Å². The van der Waals surface area contributed by atoms with Crippen molar-refractivity contribution in [3.8, 4) is 5.75 Å². The number of urea groups is 1. The zero-order valence-corrected chi connectivity index (χ0v) is 19.4. The number of alkyl halides is 6. The van der Waals surface area contributed by atoms with Crippen molar-refractivity contribution in [3.05, 3.63) is 41.6 Å². The third-order valence-corrected chi connectivity index (χ3v) is 5.77. The minimum Gasteiger partial charge on any atom is -0.493 e. The van der Waals surface area contributed by atoms with Gasteiger partial charge in [0, 0.05) is 19.2 Å².